The van der Waals surface area contributed by atoms with Gasteiger partial charge < -0.3 is 4.90 Å². The zero-order valence-corrected chi connectivity index (χ0v) is 16.4. The van der Waals surface area contributed by atoms with Gasteiger partial charge in [-0.1, -0.05) is 17.7 Å². The molecule has 0 spiro atoms. The number of piperazine rings is 1. The minimum Gasteiger partial charge on any atom is -0.338 e. The summed E-state index contributed by atoms with van der Waals surface area (Å²) in [6, 6.07) is 3.73. The predicted molar refractivity (Wildman–Crippen MR) is 102 cm³/mol. The maximum atomic E-state index is 13.2. The first-order valence-corrected chi connectivity index (χ1v) is 9.29. The van der Waals surface area contributed by atoms with Crippen molar-refractivity contribution in [1.29, 1.82) is 0 Å². The number of carbonyl (C=O) groups excluding carboxylic acids is 1. The second kappa shape index (κ2) is 8.24. The second-order valence-corrected chi connectivity index (χ2v) is 7.24. The quantitative estimate of drug-likeness (QED) is 0.560. The van der Waals surface area contributed by atoms with E-state index in [2.05, 4.69) is 10.00 Å². The molecule has 2 aromatic rings. The molecule has 1 aliphatic rings. The number of hydrogen-bond donors (Lipinski definition) is 0. The molecule has 1 unspecified atom stereocenters. The third-order valence-corrected chi connectivity index (χ3v) is 5.38. The second-order valence-electron chi connectivity index (χ2n) is 6.83. The van der Waals surface area contributed by atoms with Gasteiger partial charge in [-0.15, -0.1) is 0 Å². The molecule has 2 heterocycles. The number of rotatable bonds is 5. The van der Waals surface area contributed by atoms with Crippen molar-refractivity contribution in [3.05, 3.63) is 56.6 Å². The van der Waals surface area contributed by atoms with Crippen LogP contribution in [-0.2, 0) is 11.3 Å². The Morgan fingerprint density at radius 1 is 1.36 bits per heavy atom. The Labute approximate surface area is 166 Å². The van der Waals surface area contributed by atoms with Crippen LogP contribution >= 0.6 is 11.6 Å². The van der Waals surface area contributed by atoms with E-state index in [-0.39, 0.29) is 17.4 Å². The molecular formula is C18H21ClFN5O3. The molecule has 0 radical (unpaired) electrons. The Morgan fingerprint density at radius 3 is 2.61 bits per heavy atom. The summed E-state index contributed by atoms with van der Waals surface area (Å²) >= 11 is 6.09. The zero-order valence-electron chi connectivity index (χ0n) is 15.6. The van der Waals surface area contributed by atoms with Crippen LogP contribution in [0.3, 0.4) is 0 Å². The summed E-state index contributed by atoms with van der Waals surface area (Å²) in [6.45, 7) is 6.24. The van der Waals surface area contributed by atoms with Gasteiger partial charge in [0, 0.05) is 37.7 Å². The van der Waals surface area contributed by atoms with Crippen molar-refractivity contribution in [3.63, 3.8) is 0 Å². The molecule has 3 rings (SSSR count). The summed E-state index contributed by atoms with van der Waals surface area (Å²) in [5.74, 6) is -0.493. The topological polar surface area (TPSA) is 84.5 Å². The summed E-state index contributed by atoms with van der Waals surface area (Å²) < 4.78 is 14.6. The largest absolute Gasteiger partial charge is 0.338 e. The molecule has 0 aliphatic carbocycles. The van der Waals surface area contributed by atoms with Gasteiger partial charge in [-0.25, -0.2) is 4.39 Å². The molecule has 0 saturated carbocycles. The molecule has 0 bridgehead atoms. The van der Waals surface area contributed by atoms with Gasteiger partial charge in [0.2, 0.25) is 5.91 Å². The van der Waals surface area contributed by atoms with Crippen molar-refractivity contribution in [2.75, 3.05) is 26.2 Å². The number of nitrogens with zero attached hydrogens (tertiary/aromatic N) is 5. The lowest BCUT2D eigenvalue weighted by molar-refractivity contribution is -0.385. The van der Waals surface area contributed by atoms with Gasteiger partial charge in [-0.2, -0.15) is 5.10 Å². The molecule has 1 aliphatic heterocycles. The number of amides is 1. The van der Waals surface area contributed by atoms with Gasteiger partial charge in [0.05, 0.1) is 4.92 Å². The molecule has 0 N–H and O–H groups in total. The van der Waals surface area contributed by atoms with Crippen molar-refractivity contribution < 1.29 is 14.1 Å². The lowest BCUT2D eigenvalue weighted by Gasteiger charge is -2.36. The van der Waals surface area contributed by atoms with E-state index in [1.54, 1.807) is 24.8 Å². The highest BCUT2D eigenvalue weighted by Gasteiger charge is 2.29. The van der Waals surface area contributed by atoms with E-state index in [4.69, 9.17) is 11.6 Å². The smallest absolute Gasteiger partial charge is 0.309 e. The van der Waals surface area contributed by atoms with Gasteiger partial charge in [-0.3, -0.25) is 24.5 Å². The first-order valence-electron chi connectivity index (χ1n) is 8.91. The van der Waals surface area contributed by atoms with Crippen LogP contribution in [0.1, 0.15) is 24.2 Å². The maximum Gasteiger partial charge on any atom is 0.309 e. The van der Waals surface area contributed by atoms with Crippen LogP contribution < -0.4 is 0 Å². The zero-order chi connectivity index (χ0) is 20.4. The molecule has 1 saturated heterocycles. The van der Waals surface area contributed by atoms with Crippen LogP contribution in [0.25, 0.3) is 0 Å². The Bertz CT molecular complexity index is 895. The molecule has 1 amide bonds. The highest BCUT2D eigenvalue weighted by atomic mass is 35.5. The van der Waals surface area contributed by atoms with Crippen LogP contribution in [-0.4, -0.2) is 56.6 Å². The Morgan fingerprint density at radius 2 is 2.04 bits per heavy atom. The Hall–Kier alpha value is -2.52. The lowest BCUT2D eigenvalue weighted by atomic mass is 10.2. The van der Waals surface area contributed by atoms with E-state index >= 15 is 0 Å². The van der Waals surface area contributed by atoms with E-state index in [9.17, 15) is 19.3 Å². The Balaban J connectivity index is 1.59. The van der Waals surface area contributed by atoms with E-state index in [0.29, 0.717) is 43.4 Å². The monoisotopic (exact) mass is 409 g/mol. The van der Waals surface area contributed by atoms with E-state index in [1.807, 2.05) is 0 Å². The molecule has 1 fully saturated rings. The van der Waals surface area contributed by atoms with Crippen molar-refractivity contribution >= 4 is 23.2 Å². The lowest BCUT2D eigenvalue weighted by Crippen LogP contribution is -2.50. The molecule has 1 aromatic heterocycles. The maximum absolute atomic E-state index is 13.2. The first kappa shape index (κ1) is 20.2. The number of halogens is 2. The van der Waals surface area contributed by atoms with E-state index in [0.717, 1.165) is 5.56 Å². The summed E-state index contributed by atoms with van der Waals surface area (Å²) in [4.78, 5) is 27.2. The third kappa shape index (κ3) is 4.15. The molecular weight excluding hydrogens is 389 g/mol. The summed E-state index contributed by atoms with van der Waals surface area (Å²) in [5.41, 5.74) is 1.10. The van der Waals surface area contributed by atoms with Crippen LogP contribution in [0.15, 0.2) is 24.4 Å². The minimum absolute atomic E-state index is 0.0966. The molecule has 1 aromatic carbocycles. The van der Waals surface area contributed by atoms with Crippen LogP contribution in [0.2, 0.25) is 5.02 Å². The van der Waals surface area contributed by atoms with Gasteiger partial charge in [0.15, 0.2) is 0 Å². The summed E-state index contributed by atoms with van der Waals surface area (Å²) in [7, 11) is 0. The number of carbonyl (C=O) groups is 1. The fraction of sp³-hybridized carbons (Fsp3) is 0.444. The minimum atomic E-state index is -0.619. The highest BCUT2D eigenvalue weighted by Crippen LogP contribution is 2.23. The molecule has 28 heavy (non-hydrogen) atoms. The van der Waals surface area contributed by atoms with E-state index in [1.165, 1.54) is 23.0 Å². The third-order valence-electron chi connectivity index (χ3n) is 5.03. The predicted octanol–water partition coefficient (Wildman–Crippen LogP) is 2.80. The average molecular weight is 410 g/mol. The van der Waals surface area contributed by atoms with Crippen molar-refractivity contribution in [2.45, 2.75) is 26.4 Å². The normalized spacial score (nSPS) is 16.2. The molecule has 8 nitrogen and oxygen atoms in total. The molecule has 10 heteroatoms. The molecule has 1 atom stereocenters. The molecule has 150 valence electrons. The van der Waals surface area contributed by atoms with Crippen molar-refractivity contribution in [3.8, 4) is 0 Å². The van der Waals surface area contributed by atoms with Crippen LogP contribution in [0.5, 0.6) is 0 Å². The average Bonchev–Trinajstić information content (AvgIpc) is 3.05. The number of aromatic nitrogens is 2. The van der Waals surface area contributed by atoms with E-state index < -0.39 is 11.0 Å². The standard InChI is InChI=1S/C18H21ClFN5O3/c1-12-17(25(27)28)10-21-24(12)13(2)18(26)23-7-5-22(6-8-23)11-14-3-4-15(20)9-16(14)19/h3-4,9-10,13H,5-8,11H2,1-2H3. The van der Waals surface area contributed by atoms with Crippen LogP contribution in [0, 0.1) is 22.9 Å². The fourth-order valence-electron chi connectivity index (χ4n) is 3.37. The summed E-state index contributed by atoms with van der Waals surface area (Å²) in [6.07, 6.45) is 1.17. The van der Waals surface area contributed by atoms with Crippen molar-refractivity contribution in [2.24, 2.45) is 0 Å². The number of benzene rings is 1. The van der Waals surface area contributed by atoms with Gasteiger partial charge in [0.1, 0.15) is 23.7 Å². The number of hydrogen-bond acceptors (Lipinski definition) is 5. The van der Waals surface area contributed by atoms with Crippen molar-refractivity contribution in [1.82, 2.24) is 19.6 Å². The number of nitro groups is 1. The SMILES string of the molecule is Cc1c([N+](=O)[O-])cnn1C(C)C(=O)N1CCN(Cc2ccc(F)cc2Cl)CC1. The Kier molecular flexibility index (Phi) is 5.95. The summed E-state index contributed by atoms with van der Waals surface area (Å²) in [5, 5.41) is 15.4. The van der Waals surface area contributed by atoms with Gasteiger partial charge in [0.25, 0.3) is 0 Å². The first-order chi connectivity index (χ1) is 13.3. The van der Waals surface area contributed by atoms with Gasteiger partial charge in [-0.05, 0) is 31.5 Å². The fourth-order valence-corrected chi connectivity index (χ4v) is 3.60. The van der Waals surface area contributed by atoms with Crippen LogP contribution in [0.4, 0.5) is 10.1 Å². The van der Waals surface area contributed by atoms with Gasteiger partial charge >= 0.3 is 5.69 Å². The highest BCUT2D eigenvalue weighted by molar-refractivity contribution is 6.31.